The number of nitrogens with zero attached hydrogens (tertiary/aromatic N) is 2. The Morgan fingerprint density at radius 1 is 1.04 bits per heavy atom. The van der Waals surface area contributed by atoms with Crippen molar-refractivity contribution >= 4 is 20.9 Å². The van der Waals surface area contributed by atoms with E-state index in [1.807, 2.05) is 24.3 Å². The van der Waals surface area contributed by atoms with E-state index >= 15 is 0 Å². The minimum absolute atomic E-state index is 0.248. The van der Waals surface area contributed by atoms with Crippen molar-refractivity contribution in [3.05, 3.63) is 60.3 Å². The monoisotopic (exact) mass is 385 g/mol. The average molecular weight is 385 g/mol. The second kappa shape index (κ2) is 7.34. The summed E-state index contributed by atoms with van der Waals surface area (Å²) in [7, 11) is -2.12. The van der Waals surface area contributed by atoms with Crippen LogP contribution in [0, 0.1) is 0 Å². The molecular formula is C20H23N3O3S. The first-order valence-corrected chi connectivity index (χ1v) is 10.5. The molecule has 2 heterocycles. The molecule has 0 saturated carbocycles. The summed E-state index contributed by atoms with van der Waals surface area (Å²) in [4.78, 5) is 2.60. The Hall–Kier alpha value is -2.35. The van der Waals surface area contributed by atoms with Crippen LogP contribution in [0.4, 0.5) is 0 Å². The van der Waals surface area contributed by atoms with Gasteiger partial charge >= 0.3 is 0 Å². The quantitative estimate of drug-likeness (QED) is 0.730. The van der Waals surface area contributed by atoms with Gasteiger partial charge in [-0.2, -0.15) is 0 Å². The van der Waals surface area contributed by atoms with Crippen LogP contribution in [0.15, 0.2) is 59.6 Å². The molecule has 1 saturated heterocycles. The van der Waals surface area contributed by atoms with Crippen LogP contribution in [0.25, 0.3) is 10.9 Å². The highest BCUT2D eigenvalue weighted by molar-refractivity contribution is 7.90. The number of rotatable bonds is 5. The van der Waals surface area contributed by atoms with E-state index in [1.54, 1.807) is 37.6 Å². The maximum absolute atomic E-state index is 13.3. The predicted molar refractivity (Wildman–Crippen MR) is 106 cm³/mol. The van der Waals surface area contributed by atoms with E-state index < -0.39 is 10.0 Å². The Labute approximate surface area is 159 Å². The van der Waals surface area contributed by atoms with Gasteiger partial charge in [0.05, 0.1) is 17.5 Å². The molecule has 7 heteroatoms. The summed E-state index contributed by atoms with van der Waals surface area (Å²) < 4.78 is 33.0. The summed E-state index contributed by atoms with van der Waals surface area (Å²) in [6.45, 7) is 4.59. The number of methoxy groups -OCH3 is 1. The van der Waals surface area contributed by atoms with Gasteiger partial charge in [-0.3, -0.25) is 4.90 Å². The number of benzene rings is 2. The van der Waals surface area contributed by atoms with Crippen molar-refractivity contribution in [3.63, 3.8) is 0 Å². The lowest BCUT2D eigenvalue weighted by Crippen LogP contribution is -2.42. The SMILES string of the molecule is COc1ccc(S(=O)(=O)n2cc(CN3CCNCC3)c3ccccc32)cc1. The van der Waals surface area contributed by atoms with Crippen LogP contribution in [0.3, 0.4) is 0 Å². The molecule has 1 fully saturated rings. The smallest absolute Gasteiger partial charge is 0.268 e. The standard InChI is InChI=1S/C20H23N3O3S/c1-26-17-6-8-18(9-7-17)27(24,25)23-15-16(14-22-12-10-21-11-13-22)19-4-2-3-5-20(19)23/h2-9,15,21H,10-14H2,1H3. The Balaban J connectivity index is 1.76. The number of ether oxygens (including phenoxy) is 1. The van der Waals surface area contributed by atoms with Gasteiger partial charge in [-0.1, -0.05) is 18.2 Å². The highest BCUT2D eigenvalue weighted by atomic mass is 32.2. The number of hydrogen-bond acceptors (Lipinski definition) is 5. The molecule has 1 aliphatic rings. The highest BCUT2D eigenvalue weighted by Gasteiger charge is 2.22. The molecule has 0 amide bonds. The minimum atomic E-state index is -3.68. The lowest BCUT2D eigenvalue weighted by molar-refractivity contribution is 0.234. The van der Waals surface area contributed by atoms with Crippen molar-refractivity contribution in [3.8, 4) is 5.75 Å². The van der Waals surface area contributed by atoms with E-state index in [4.69, 9.17) is 4.74 Å². The molecule has 142 valence electrons. The summed E-state index contributed by atoms with van der Waals surface area (Å²) in [6, 6.07) is 14.2. The number of nitrogens with one attached hydrogen (secondary N) is 1. The molecule has 2 aromatic carbocycles. The van der Waals surface area contributed by atoms with Crippen molar-refractivity contribution in [1.82, 2.24) is 14.2 Å². The third-order valence-corrected chi connectivity index (χ3v) is 6.67. The highest BCUT2D eigenvalue weighted by Crippen LogP contribution is 2.27. The Morgan fingerprint density at radius 2 is 1.74 bits per heavy atom. The van der Waals surface area contributed by atoms with Crippen LogP contribution in [-0.2, 0) is 16.6 Å². The normalized spacial score (nSPS) is 15.9. The van der Waals surface area contributed by atoms with Crippen molar-refractivity contribution in [2.45, 2.75) is 11.4 Å². The van der Waals surface area contributed by atoms with E-state index in [9.17, 15) is 8.42 Å². The first-order chi connectivity index (χ1) is 13.1. The largest absolute Gasteiger partial charge is 0.497 e. The van der Waals surface area contributed by atoms with Crippen molar-refractivity contribution in [2.24, 2.45) is 0 Å². The fraction of sp³-hybridized carbons (Fsp3) is 0.300. The molecule has 6 nitrogen and oxygen atoms in total. The van der Waals surface area contributed by atoms with Gasteiger partial charge in [0, 0.05) is 44.3 Å². The van der Waals surface area contributed by atoms with Crippen LogP contribution in [-0.4, -0.2) is 50.6 Å². The topological polar surface area (TPSA) is 63.6 Å². The third kappa shape index (κ3) is 3.45. The molecule has 0 radical (unpaired) electrons. The minimum Gasteiger partial charge on any atom is -0.497 e. The van der Waals surface area contributed by atoms with Gasteiger partial charge in [0.25, 0.3) is 10.0 Å². The van der Waals surface area contributed by atoms with Gasteiger partial charge in [-0.05, 0) is 35.9 Å². The third-order valence-electron chi connectivity index (χ3n) is 4.98. The number of aromatic nitrogens is 1. The first-order valence-electron chi connectivity index (χ1n) is 9.01. The number of para-hydroxylation sites is 1. The molecule has 0 aliphatic carbocycles. The van der Waals surface area contributed by atoms with E-state index in [0.717, 1.165) is 43.7 Å². The number of hydrogen-bond donors (Lipinski definition) is 1. The zero-order valence-corrected chi connectivity index (χ0v) is 16.1. The summed E-state index contributed by atoms with van der Waals surface area (Å²) >= 11 is 0. The maximum atomic E-state index is 13.3. The van der Waals surface area contributed by atoms with Crippen LogP contribution in [0.1, 0.15) is 5.56 Å². The molecular weight excluding hydrogens is 362 g/mol. The van der Waals surface area contributed by atoms with E-state index in [1.165, 1.54) is 3.97 Å². The molecule has 0 spiro atoms. The Kier molecular flexibility index (Phi) is 4.90. The van der Waals surface area contributed by atoms with Crippen molar-refractivity contribution in [1.29, 1.82) is 0 Å². The second-order valence-electron chi connectivity index (χ2n) is 6.67. The van der Waals surface area contributed by atoms with Gasteiger partial charge in [0.15, 0.2) is 0 Å². The van der Waals surface area contributed by atoms with E-state index in [0.29, 0.717) is 11.3 Å². The molecule has 27 heavy (non-hydrogen) atoms. The zero-order chi connectivity index (χ0) is 18.9. The maximum Gasteiger partial charge on any atom is 0.268 e. The fourth-order valence-electron chi connectivity index (χ4n) is 3.51. The van der Waals surface area contributed by atoms with Crippen LogP contribution in [0.2, 0.25) is 0 Å². The fourth-order valence-corrected chi connectivity index (χ4v) is 4.91. The second-order valence-corrected chi connectivity index (χ2v) is 8.49. The lowest BCUT2D eigenvalue weighted by Gasteiger charge is -2.26. The molecule has 1 N–H and O–H groups in total. The van der Waals surface area contributed by atoms with Gasteiger partial charge in [-0.25, -0.2) is 12.4 Å². The van der Waals surface area contributed by atoms with Gasteiger partial charge in [-0.15, -0.1) is 0 Å². The Bertz CT molecular complexity index is 1040. The zero-order valence-electron chi connectivity index (χ0n) is 15.3. The molecule has 1 aromatic heterocycles. The summed E-state index contributed by atoms with van der Waals surface area (Å²) in [6.07, 6.45) is 1.77. The Morgan fingerprint density at radius 3 is 2.44 bits per heavy atom. The molecule has 3 aromatic rings. The molecule has 4 rings (SSSR count). The van der Waals surface area contributed by atoms with Crippen LogP contribution >= 0.6 is 0 Å². The first kappa shape index (κ1) is 18.0. The molecule has 0 bridgehead atoms. The molecule has 0 unspecified atom stereocenters. The van der Waals surface area contributed by atoms with E-state index in [2.05, 4.69) is 10.2 Å². The summed E-state index contributed by atoms with van der Waals surface area (Å²) in [5.74, 6) is 0.630. The van der Waals surface area contributed by atoms with Crippen molar-refractivity contribution in [2.75, 3.05) is 33.3 Å². The number of piperazine rings is 1. The summed E-state index contributed by atoms with van der Waals surface area (Å²) in [5, 5.41) is 4.32. The molecule has 0 atom stereocenters. The summed E-state index contributed by atoms with van der Waals surface area (Å²) in [5.41, 5.74) is 1.74. The van der Waals surface area contributed by atoms with Crippen LogP contribution in [0.5, 0.6) is 5.75 Å². The lowest BCUT2D eigenvalue weighted by atomic mass is 10.1. The van der Waals surface area contributed by atoms with E-state index in [-0.39, 0.29) is 4.90 Å². The van der Waals surface area contributed by atoms with Crippen molar-refractivity contribution < 1.29 is 13.2 Å². The predicted octanol–water partition coefficient (Wildman–Crippen LogP) is 2.29. The van der Waals surface area contributed by atoms with Gasteiger partial charge in [0.1, 0.15) is 5.75 Å². The number of fused-ring (bicyclic) bond motifs is 1. The van der Waals surface area contributed by atoms with Gasteiger partial charge < -0.3 is 10.1 Å². The van der Waals surface area contributed by atoms with Crippen LogP contribution < -0.4 is 10.1 Å². The molecule has 1 aliphatic heterocycles. The van der Waals surface area contributed by atoms with Gasteiger partial charge in [0.2, 0.25) is 0 Å². The average Bonchev–Trinajstić information content (AvgIpc) is 3.08.